The number of nitrogens with one attached hydrogen (secondary N) is 3. The molecule has 2 unspecified atom stereocenters. The van der Waals surface area contributed by atoms with Gasteiger partial charge in [0, 0.05) is 25.0 Å². The second-order valence-electron chi connectivity index (χ2n) is 4.84. The normalized spacial score (nSPS) is 13.9. The van der Waals surface area contributed by atoms with Crippen LogP contribution in [0.4, 0.5) is 0 Å². The predicted octanol–water partition coefficient (Wildman–Crippen LogP) is 2.26. The maximum Gasteiger partial charge on any atom is 0.222 e. The Hall–Kier alpha value is -0.530. The lowest BCUT2D eigenvalue weighted by Crippen LogP contribution is -2.42. The lowest BCUT2D eigenvalue weighted by molar-refractivity contribution is -0.121. The zero-order chi connectivity index (χ0) is 14.7. The Labute approximate surface area is 140 Å². The van der Waals surface area contributed by atoms with E-state index in [0.717, 1.165) is 25.3 Å². The molecular weight excluding hydrogens is 367 g/mol. The van der Waals surface area contributed by atoms with Gasteiger partial charge in [0.2, 0.25) is 5.91 Å². The van der Waals surface area contributed by atoms with Gasteiger partial charge in [-0.05, 0) is 33.6 Å². The van der Waals surface area contributed by atoms with Crippen LogP contribution in [0.3, 0.4) is 0 Å². The number of amides is 1. The van der Waals surface area contributed by atoms with Crippen molar-refractivity contribution in [3.8, 4) is 0 Å². The Bertz CT molecular complexity index is 284. The van der Waals surface area contributed by atoms with Crippen LogP contribution in [-0.4, -0.2) is 37.0 Å². The minimum Gasteiger partial charge on any atom is -0.357 e. The zero-order valence-electron chi connectivity index (χ0n) is 13.5. The molecule has 0 bridgehead atoms. The van der Waals surface area contributed by atoms with E-state index in [-0.39, 0.29) is 35.9 Å². The lowest BCUT2D eigenvalue weighted by Gasteiger charge is -2.16. The van der Waals surface area contributed by atoms with Gasteiger partial charge >= 0.3 is 0 Å². The third kappa shape index (κ3) is 11.3. The molecule has 0 aromatic heterocycles. The van der Waals surface area contributed by atoms with E-state index < -0.39 is 0 Å². The molecule has 5 nitrogen and oxygen atoms in total. The van der Waals surface area contributed by atoms with Crippen LogP contribution >= 0.6 is 24.0 Å². The van der Waals surface area contributed by atoms with E-state index in [4.69, 9.17) is 0 Å². The molecule has 0 radical (unpaired) electrons. The Kier molecular flexibility index (Phi) is 14.6. The monoisotopic (exact) mass is 398 g/mol. The molecule has 120 valence electrons. The molecule has 0 aromatic carbocycles. The first kappa shape index (κ1) is 21.8. The average Bonchev–Trinajstić information content (AvgIpc) is 2.38. The molecule has 0 fully saturated rings. The molecule has 2 atom stereocenters. The van der Waals surface area contributed by atoms with E-state index in [0.29, 0.717) is 19.0 Å². The van der Waals surface area contributed by atoms with Crippen LogP contribution < -0.4 is 16.0 Å². The maximum absolute atomic E-state index is 11.6. The molecule has 0 rings (SSSR count). The summed E-state index contributed by atoms with van der Waals surface area (Å²) in [5, 5.41) is 9.42. The molecule has 0 aliphatic carbocycles. The van der Waals surface area contributed by atoms with Crippen LogP contribution in [0.1, 0.15) is 53.9 Å². The molecule has 0 heterocycles. The summed E-state index contributed by atoms with van der Waals surface area (Å²) >= 11 is 0. The molecule has 3 N–H and O–H groups in total. The molecule has 0 spiro atoms. The second-order valence-corrected chi connectivity index (χ2v) is 4.84. The summed E-state index contributed by atoms with van der Waals surface area (Å²) in [6, 6.07) is 0.620. The van der Waals surface area contributed by atoms with Crippen LogP contribution in [0.2, 0.25) is 0 Å². The number of aliphatic imine (C=N–C) groups is 1. The van der Waals surface area contributed by atoms with Gasteiger partial charge in [0.15, 0.2) is 5.96 Å². The molecule has 0 saturated heterocycles. The van der Waals surface area contributed by atoms with Crippen molar-refractivity contribution in [3.63, 3.8) is 0 Å². The van der Waals surface area contributed by atoms with Gasteiger partial charge in [-0.25, -0.2) is 0 Å². The summed E-state index contributed by atoms with van der Waals surface area (Å²) in [4.78, 5) is 16.0. The van der Waals surface area contributed by atoms with Crippen molar-refractivity contribution < 1.29 is 4.79 Å². The first-order valence-electron chi connectivity index (χ1n) is 7.37. The van der Waals surface area contributed by atoms with Gasteiger partial charge in [0.25, 0.3) is 0 Å². The largest absolute Gasteiger partial charge is 0.357 e. The van der Waals surface area contributed by atoms with E-state index in [2.05, 4.69) is 41.7 Å². The van der Waals surface area contributed by atoms with Crippen LogP contribution in [-0.2, 0) is 4.79 Å². The molecular formula is C14H31IN4O. The van der Waals surface area contributed by atoms with Crippen molar-refractivity contribution in [1.29, 1.82) is 0 Å². The fourth-order valence-electron chi connectivity index (χ4n) is 1.37. The fourth-order valence-corrected chi connectivity index (χ4v) is 1.37. The Balaban J connectivity index is 0. The van der Waals surface area contributed by atoms with E-state index in [1.54, 1.807) is 0 Å². The van der Waals surface area contributed by atoms with Crippen molar-refractivity contribution in [2.75, 3.05) is 13.1 Å². The van der Waals surface area contributed by atoms with Crippen molar-refractivity contribution in [2.24, 2.45) is 4.99 Å². The molecule has 0 aliphatic rings. The minimum absolute atomic E-state index is 0. The lowest BCUT2D eigenvalue weighted by atomic mass is 10.2. The summed E-state index contributed by atoms with van der Waals surface area (Å²) < 4.78 is 0. The zero-order valence-corrected chi connectivity index (χ0v) is 15.8. The van der Waals surface area contributed by atoms with Gasteiger partial charge < -0.3 is 16.0 Å². The van der Waals surface area contributed by atoms with E-state index in [1.807, 2.05) is 13.8 Å². The molecule has 20 heavy (non-hydrogen) atoms. The summed E-state index contributed by atoms with van der Waals surface area (Å²) in [5.41, 5.74) is 0. The average molecular weight is 398 g/mol. The molecule has 0 saturated carbocycles. The van der Waals surface area contributed by atoms with Crippen molar-refractivity contribution in [3.05, 3.63) is 0 Å². The maximum atomic E-state index is 11.6. The number of carbonyl (C=O) groups is 1. The summed E-state index contributed by atoms with van der Waals surface area (Å²) in [6.45, 7) is 11.7. The van der Waals surface area contributed by atoms with Gasteiger partial charge in [0.05, 0.1) is 6.54 Å². The van der Waals surface area contributed by atoms with Crippen LogP contribution in [0.15, 0.2) is 4.99 Å². The Morgan fingerprint density at radius 1 is 1.05 bits per heavy atom. The number of guanidine groups is 1. The molecule has 6 heteroatoms. The van der Waals surface area contributed by atoms with Crippen LogP contribution in [0.25, 0.3) is 0 Å². The standard InChI is InChI=1S/C14H30N4O.HI/c1-6-11(4)17-13(19)9-10-16-14(15-8-3)18-12(5)7-2;/h11-12H,6-10H2,1-5H3,(H,17,19)(H2,15,16,18);1H. The van der Waals surface area contributed by atoms with Crippen LogP contribution in [0, 0.1) is 0 Å². The molecule has 0 aliphatic heterocycles. The minimum atomic E-state index is 0. The Morgan fingerprint density at radius 2 is 1.60 bits per heavy atom. The number of hydrogen-bond donors (Lipinski definition) is 3. The molecule has 0 aromatic rings. The van der Waals surface area contributed by atoms with Crippen LogP contribution in [0.5, 0.6) is 0 Å². The summed E-state index contributed by atoms with van der Waals surface area (Å²) in [7, 11) is 0. The first-order chi connectivity index (χ1) is 9.03. The molecule has 1 amide bonds. The van der Waals surface area contributed by atoms with Crippen molar-refractivity contribution in [2.45, 2.75) is 66.0 Å². The number of rotatable bonds is 8. The van der Waals surface area contributed by atoms with E-state index in [1.165, 1.54) is 0 Å². The van der Waals surface area contributed by atoms with E-state index >= 15 is 0 Å². The Morgan fingerprint density at radius 3 is 2.10 bits per heavy atom. The quantitative estimate of drug-likeness (QED) is 0.334. The van der Waals surface area contributed by atoms with Crippen molar-refractivity contribution >= 4 is 35.8 Å². The number of halogens is 1. The fraction of sp³-hybridized carbons (Fsp3) is 0.857. The summed E-state index contributed by atoms with van der Waals surface area (Å²) in [6.07, 6.45) is 2.42. The number of nitrogens with zero attached hydrogens (tertiary/aromatic N) is 1. The third-order valence-corrected chi connectivity index (χ3v) is 2.97. The highest BCUT2D eigenvalue weighted by molar-refractivity contribution is 14.0. The van der Waals surface area contributed by atoms with Gasteiger partial charge in [-0.3, -0.25) is 9.79 Å². The van der Waals surface area contributed by atoms with Gasteiger partial charge in [-0.1, -0.05) is 13.8 Å². The van der Waals surface area contributed by atoms with E-state index in [9.17, 15) is 4.79 Å². The first-order valence-corrected chi connectivity index (χ1v) is 7.37. The highest BCUT2D eigenvalue weighted by Gasteiger charge is 2.06. The SMILES string of the molecule is CCNC(=NCCC(=O)NC(C)CC)NC(C)CC.I. The number of hydrogen-bond acceptors (Lipinski definition) is 2. The highest BCUT2D eigenvalue weighted by Crippen LogP contribution is 1.91. The van der Waals surface area contributed by atoms with Crippen molar-refractivity contribution in [1.82, 2.24) is 16.0 Å². The second kappa shape index (κ2) is 13.5. The van der Waals surface area contributed by atoms with Gasteiger partial charge in [0.1, 0.15) is 0 Å². The number of carbonyl (C=O) groups excluding carboxylic acids is 1. The predicted molar refractivity (Wildman–Crippen MR) is 96.8 cm³/mol. The summed E-state index contributed by atoms with van der Waals surface area (Å²) in [5.74, 6) is 0.852. The van der Waals surface area contributed by atoms with Gasteiger partial charge in [-0.15, -0.1) is 24.0 Å². The van der Waals surface area contributed by atoms with Gasteiger partial charge in [-0.2, -0.15) is 0 Å². The highest BCUT2D eigenvalue weighted by atomic mass is 127. The topological polar surface area (TPSA) is 65.5 Å². The third-order valence-electron chi connectivity index (χ3n) is 2.97. The smallest absolute Gasteiger partial charge is 0.222 e.